The third-order valence-corrected chi connectivity index (χ3v) is 4.33. The minimum absolute atomic E-state index is 0.110. The number of nitrogens with one attached hydrogen (secondary N) is 1. The van der Waals surface area contributed by atoms with Gasteiger partial charge < -0.3 is 5.73 Å². The van der Waals surface area contributed by atoms with Gasteiger partial charge in [0.05, 0.1) is 10.9 Å². The SMILES string of the molecule is CC(NS(=O)(=O)c1ccc2ccccc2c1)C(N)=O. The molecule has 0 fully saturated rings. The van der Waals surface area contributed by atoms with Gasteiger partial charge in [0.25, 0.3) is 0 Å². The summed E-state index contributed by atoms with van der Waals surface area (Å²) < 4.78 is 26.4. The van der Waals surface area contributed by atoms with E-state index in [0.29, 0.717) is 0 Å². The number of sulfonamides is 1. The van der Waals surface area contributed by atoms with Crippen LogP contribution in [0.2, 0.25) is 0 Å². The summed E-state index contributed by atoms with van der Waals surface area (Å²) in [5.74, 6) is -0.718. The molecule has 1 unspecified atom stereocenters. The number of primary amides is 1. The van der Waals surface area contributed by atoms with E-state index >= 15 is 0 Å². The second kappa shape index (κ2) is 4.99. The maximum absolute atomic E-state index is 12.1. The molecule has 0 heterocycles. The predicted molar refractivity (Wildman–Crippen MR) is 72.9 cm³/mol. The van der Waals surface area contributed by atoms with Crippen LogP contribution in [0.4, 0.5) is 0 Å². The second-order valence-electron chi connectivity index (χ2n) is 4.25. The highest BCUT2D eigenvalue weighted by atomic mass is 32.2. The van der Waals surface area contributed by atoms with Crippen LogP contribution in [-0.4, -0.2) is 20.4 Å². The molecule has 0 aliphatic heterocycles. The summed E-state index contributed by atoms with van der Waals surface area (Å²) in [6.07, 6.45) is 0. The molecular formula is C13H14N2O3S. The molecular weight excluding hydrogens is 264 g/mol. The van der Waals surface area contributed by atoms with Gasteiger partial charge in [0.1, 0.15) is 0 Å². The molecule has 0 aromatic heterocycles. The number of fused-ring (bicyclic) bond motifs is 1. The minimum atomic E-state index is -3.75. The fourth-order valence-electron chi connectivity index (χ4n) is 1.69. The van der Waals surface area contributed by atoms with Crippen molar-refractivity contribution in [2.75, 3.05) is 0 Å². The zero-order valence-electron chi connectivity index (χ0n) is 10.3. The quantitative estimate of drug-likeness (QED) is 0.874. The molecule has 0 bridgehead atoms. The molecule has 5 nitrogen and oxygen atoms in total. The Morgan fingerprint density at radius 1 is 1.16 bits per heavy atom. The van der Waals surface area contributed by atoms with E-state index in [2.05, 4.69) is 4.72 Å². The van der Waals surface area contributed by atoms with Gasteiger partial charge in [0.15, 0.2) is 0 Å². The largest absolute Gasteiger partial charge is 0.368 e. The molecule has 19 heavy (non-hydrogen) atoms. The zero-order chi connectivity index (χ0) is 14.0. The van der Waals surface area contributed by atoms with Crippen LogP contribution in [-0.2, 0) is 14.8 Å². The van der Waals surface area contributed by atoms with E-state index in [1.165, 1.54) is 13.0 Å². The smallest absolute Gasteiger partial charge is 0.241 e. The van der Waals surface area contributed by atoms with Crippen molar-refractivity contribution in [3.63, 3.8) is 0 Å². The van der Waals surface area contributed by atoms with Gasteiger partial charge in [-0.2, -0.15) is 4.72 Å². The van der Waals surface area contributed by atoms with E-state index in [1.54, 1.807) is 12.1 Å². The van der Waals surface area contributed by atoms with Gasteiger partial charge in [0.2, 0.25) is 15.9 Å². The average Bonchev–Trinajstić information content (AvgIpc) is 2.37. The Hall–Kier alpha value is -1.92. The Morgan fingerprint density at radius 2 is 1.79 bits per heavy atom. The highest BCUT2D eigenvalue weighted by Crippen LogP contribution is 2.18. The lowest BCUT2D eigenvalue weighted by Crippen LogP contribution is -2.42. The van der Waals surface area contributed by atoms with Crippen LogP contribution in [0.25, 0.3) is 10.8 Å². The molecule has 0 aliphatic rings. The Labute approximate surface area is 111 Å². The molecule has 0 saturated carbocycles. The van der Waals surface area contributed by atoms with Crippen molar-refractivity contribution in [3.05, 3.63) is 42.5 Å². The van der Waals surface area contributed by atoms with Gasteiger partial charge >= 0.3 is 0 Å². The number of carbonyl (C=O) groups excluding carboxylic acids is 1. The van der Waals surface area contributed by atoms with Gasteiger partial charge in [0, 0.05) is 0 Å². The predicted octanol–water partition coefficient (Wildman–Crippen LogP) is 0.992. The third-order valence-electron chi connectivity index (χ3n) is 2.79. The van der Waals surface area contributed by atoms with Crippen molar-refractivity contribution in [2.45, 2.75) is 17.9 Å². The Morgan fingerprint density at radius 3 is 2.42 bits per heavy atom. The molecule has 1 atom stereocenters. The van der Waals surface area contributed by atoms with E-state index < -0.39 is 22.0 Å². The Kier molecular flexibility index (Phi) is 3.55. The van der Waals surface area contributed by atoms with Gasteiger partial charge in [-0.25, -0.2) is 8.42 Å². The first-order chi connectivity index (χ1) is 8.90. The summed E-state index contributed by atoms with van der Waals surface area (Å²) in [5, 5.41) is 1.77. The number of hydrogen-bond donors (Lipinski definition) is 2. The molecule has 2 aromatic rings. The summed E-state index contributed by atoms with van der Waals surface area (Å²) in [6.45, 7) is 1.40. The second-order valence-corrected chi connectivity index (χ2v) is 5.97. The van der Waals surface area contributed by atoms with E-state index in [1.807, 2.05) is 24.3 Å². The van der Waals surface area contributed by atoms with Gasteiger partial charge in [-0.1, -0.05) is 30.3 Å². The first-order valence-electron chi connectivity index (χ1n) is 5.70. The number of rotatable bonds is 4. The maximum Gasteiger partial charge on any atom is 0.241 e. The highest BCUT2D eigenvalue weighted by molar-refractivity contribution is 7.89. The van der Waals surface area contributed by atoms with Crippen molar-refractivity contribution < 1.29 is 13.2 Å². The van der Waals surface area contributed by atoms with Crippen LogP contribution in [0.3, 0.4) is 0 Å². The third kappa shape index (κ3) is 2.91. The van der Waals surface area contributed by atoms with Gasteiger partial charge in [-0.15, -0.1) is 0 Å². The van der Waals surface area contributed by atoms with E-state index in [0.717, 1.165) is 10.8 Å². The van der Waals surface area contributed by atoms with Crippen LogP contribution in [0.15, 0.2) is 47.4 Å². The van der Waals surface area contributed by atoms with Crippen molar-refractivity contribution in [1.29, 1.82) is 0 Å². The molecule has 2 rings (SSSR count). The fraction of sp³-hybridized carbons (Fsp3) is 0.154. The number of carbonyl (C=O) groups is 1. The summed E-state index contributed by atoms with van der Waals surface area (Å²) >= 11 is 0. The van der Waals surface area contributed by atoms with Crippen molar-refractivity contribution >= 4 is 26.7 Å². The zero-order valence-corrected chi connectivity index (χ0v) is 11.1. The normalized spacial score (nSPS) is 13.3. The molecule has 0 aliphatic carbocycles. The molecule has 1 amide bonds. The minimum Gasteiger partial charge on any atom is -0.368 e. The van der Waals surface area contributed by atoms with Crippen molar-refractivity contribution in [1.82, 2.24) is 4.72 Å². The van der Waals surface area contributed by atoms with E-state index in [4.69, 9.17) is 5.73 Å². The number of hydrogen-bond acceptors (Lipinski definition) is 3. The molecule has 0 spiro atoms. The van der Waals surface area contributed by atoms with Crippen molar-refractivity contribution in [3.8, 4) is 0 Å². The fourth-order valence-corrected chi connectivity index (χ4v) is 2.94. The van der Waals surface area contributed by atoms with Gasteiger partial charge in [-0.05, 0) is 29.8 Å². The standard InChI is InChI=1S/C13H14N2O3S/c1-9(13(14)16)15-19(17,18)12-7-6-10-4-2-3-5-11(10)8-12/h2-9,15H,1H3,(H2,14,16). The lowest BCUT2D eigenvalue weighted by atomic mass is 10.1. The lowest BCUT2D eigenvalue weighted by Gasteiger charge is -2.11. The maximum atomic E-state index is 12.1. The Balaban J connectivity index is 2.40. The molecule has 6 heteroatoms. The Bertz CT molecular complexity index is 726. The van der Waals surface area contributed by atoms with Crippen LogP contribution in [0.1, 0.15) is 6.92 Å². The summed E-state index contributed by atoms with van der Waals surface area (Å²) in [5.41, 5.74) is 5.05. The van der Waals surface area contributed by atoms with Crippen LogP contribution in [0, 0.1) is 0 Å². The van der Waals surface area contributed by atoms with E-state index in [-0.39, 0.29) is 4.90 Å². The van der Waals surface area contributed by atoms with E-state index in [9.17, 15) is 13.2 Å². The van der Waals surface area contributed by atoms with Crippen LogP contribution < -0.4 is 10.5 Å². The number of amides is 1. The average molecular weight is 278 g/mol. The first kappa shape index (κ1) is 13.5. The molecule has 3 N–H and O–H groups in total. The van der Waals surface area contributed by atoms with Crippen LogP contribution >= 0.6 is 0 Å². The van der Waals surface area contributed by atoms with Crippen LogP contribution in [0.5, 0.6) is 0 Å². The lowest BCUT2D eigenvalue weighted by molar-refractivity contribution is -0.119. The molecule has 100 valence electrons. The molecule has 2 aromatic carbocycles. The number of benzene rings is 2. The van der Waals surface area contributed by atoms with Gasteiger partial charge in [-0.3, -0.25) is 4.79 Å². The summed E-state index contributed by atoms with van der Waals surface area (Å²) in [7, 11) is -3.75. The topological polar surface area (TPSA) is 89.3 Å². The summed E-state index contributed by atoms with van der Waals surface area (Å²) in [4.78, 5) is 11.0. The van der Waals surface area contributed by atoms with Crippen molar-refractivity contribution in [2.24, 2.45) is 5.73 Å². The number of nitrogens with two attached hydrogens (primary N) is 1. The first-order valence-corrected chi connectivity index (χ1v) is 7.19. The summed E-state index contributed by atoms with van der Waals surface area (Å²) in [6, 6.07) is 11.3. The molecule has 0 saturated heterocycles. The molecule has 0 radical (unpaired) electrons. The monoisotopic (exact) mass is 278 g/mol. The highest BCUT2D eigenvalue weighted by Gasteiger charge is 2.20.